The predicted octanol–water partition coefficient (Wildman–Crippen LogP) is 3.15. The Bertz CT molecular complexity index is 1070. The van der Waals surface area contributed by atoms with Crippen LogP contribution < -0.4 is 14.9 Å². The van der Waals surface area contributed by atoms with Gasteiger partial charge >= 0.3 is 0 Å². The molecule has 3 aromatic rings. The molecule has 4 rings (SSSR count). The summed E-state index contributed by atoms with van der Waals surface area (Å²) in [5, 5.41) is 11.3. The van der Waals surface area contributed by atoms with Gasteiger partial charge in [0, 0.05) is 24.7 Å². The van der Waals surface area contributed by atoms with Crippen molar-refractivity contribution in [2.45, 2.75) is 18.6 Å². The van der Waals surface area contributed by atoms with Crippen molar-refractivity contribution in [2.24, 2.45) is 0 Å². The van der Waals surface area contributed by atoms with Crippen LogP contribution in [0.1, 0.15) is 17.9 Å². The van der Waals surface area contributed by atoms with Crippen molar-refractivity contribution in [3.63, 3.8) is 0 Å². The highest BCUT2D eigenvalue weighted by atomic mass is 16.7. The Morgan fingerprint density at radius 2 is 1.89 bits per heavy atom. The number of hydrogen-bond acceptors (Lipinski definition) is 7. The van der Waals surface area contributed by atoms with Gasteiger partial charge in [0.1, 0.15) is 39.2 Å². The summed E-state index contributed by atoms with van der Waals surface area (Å²) < 4.78 is 27.8. The largest absolute Gasteiger partial charge is 0.507 e. The average molecular weight is 372 g/mol. The van der Waals surface area contributed by atoms with Crippen LogP contribution in [0.5, 0.6) is 17.2 Å². The molecule has 7 heteroatoms. The van der Waals surface area contributed by atoms with E-state index in [2.05, 4.69) is 0 Å². The van der Waals surface area contributed by atoms with Gasteiger partial charge in [-0.25, -0.2) is 0 Å². The fourth-order valence-electron chi connectivity index (χ4n) is 3.78. The molecule has 2 atom stereocenters. The second-order valence-electron chi connectivity index (χ2n) is 6.35. The summed E-state index contributed by atoms with van der Waals surface area (Å²) in [5.41, 5.74) is 0.843. The summed E-state index contributed by atoms with van der Waals surface area (Å²) in [5.74, 6) is 0.358. The third-order valence-electron chi connectivity index (χ3n) is 5.00. The van der Waals surface area contributed by atoms with E-state index in [0.717, 1.165) is 0 Å². The van der Waals surface area contributed by atoms with Crippen LogP contribution in [-0.4, -0.2) is 39.3 Å². The topological polar surface area (TPSA) is 87.4 Å². The molecule has 7 nitrogen and oxygen atoms in total. The van der Waals surface area contributed by atoms with Crippen LogP contribution in [-0.2, 0) is 9.47 Å². The number of aromatic hydroxyl groups is 1. The normalized spacial score (nSPS) is 19.7. The van der Waals surface area contributed by atoms with Gasteiger partial charge in [0.15, 0.2) is 6.29 Å². The number of methoxy groups -OCH3 is 3. The van der Waals surface area contributed by atoms with Crippen LogP contribution in [0.15, 0.2) is 33.5 Å². The Kier molecular flexibility index (Phi) is 4.41. The Morgan fingerprint density at radius 3 is 2.59 bits per heavy atom. The van der Waals surface area contributed by atoms with Crippen molar-refractivity contribution in [1.29, 1.82) is 0 Å². The maximum absolute atomic E-state index is 13.3. The van der Waals surface area contributed by atoms with Crippen LogP contribution in [0.25, 0.3) is 21.9 Å². The highest BCUT2D eigenvalue weighted by Gasteiger charge is 2.35. The second kappa shape index (κ2) is 6.75. The molecule has 0 spiro atoms. The number of fused-ring (bicyclic) bond motifs is 2. The van der Waals surface area contributed by atoms with Gasteiger partial charge in [-0.05, 0) is 18.6 Å². The highest BCUT2D eigenvalue weighted by Crippen LogP contribution is 2.44. The molecule has 1 saturated heterocycles. The summed E-state index contributed by atoms with van der Waals surface area (Å²) in [6.45, 7) is 0.488. The molecule has 0 radical (unpaired) electrons. The van der Waals surface area contributed by atoms with Gasteiger partial charge in [-0.1, -0.05) is 6.07 Å². The van der Waals surface area contributed by atoms with Crippen LogP contribution in [0.3, 0.4) is 0 Å². The first kappa shape index (κ1) is 17.6. The molecule has 0 saturated carbocycles. The molecule has 1 fully saturated rings. The first-order chi connectivity index (χ1) is 13.1. The van der Waals surface area contributed by atoms with E-state index < -0.39 is 6.29 Å². The Balaban J connectivity index is 2.14. The maximum atomic E-state index is 13.3. The lowest BCUT2D eigenvalue weighted by Crippen LogP contribution is -2.17. The Labute approximate surface area is 155 Å². The van der Waals surface area contributed by atoms with Crippen LogP contribution >= 0.6 is 0 Å². The van der Waals surface area contributed by atoms with Gasteiger partial charge in [-0.2, -0.15) is 0 Å². The molecular weight excluding hydrogens is 352 g/mol. The molecule has 0 bridgehead atoms. The summed E-state index contributed by atoms with van der Waals surface area (Å²) in [7, 11) is 4.48. The molecule has 1 aliphatic heterocycles. The summed E-state index contributed by atoms with van der Waals surface area (Å²) in [6, 6.07) is 6.57. The first-order valence-electron chi connectivity index (χ1n) is 8.58. The number of ether oxygens (including phenoxy) is 4. The number of benzene rings is 2. The molecule has 1 aliphatic rings. The van der Waals surface area contributed by atoms with E-state index in [9.17, 15) is 9.90 Å². The maximum Gasteiger partial charge on any atom is 0.208 e. The van der Waals surface area contributed by atoms with Gasteiger partial charge in [-0.3, -0.25) is 4.79 Å². The fraction of sp³-hybridized carbons (Fsp3) is 0.350. The Morgan fingerprint density at radius 1 is 1.11 bits per heavy atom. The average Bonchev–Trinajstić information content (AvgIpc) is 3.14. The van der Waals surface area contributed by atoms with Crippen molar-refractivity contribution in [3.05, 3.63) is 40.1 Å². The summed E-state index contributed by atoms with van der Waals surface area (Å²) in [4.78, 5) is 13.3. The molecule has 27 heavy (non-hydrogen) atoms. The van der Waals surface area contributed by atoms with E-state index in [0.29, 0.717) is 35.3 Å². The SMILES string of the molecule is COc1cccc2oc3c(C4CCOC4OC)c(O)cc(OC)c3c(=O)c12. The van der Waals surface area contributed by atoms with Gasteiger partial charge in [-0.15, -0.1) is 0 Å². The molecular formula is C20H20O7. The molecule has 1 N–H and O–H groups in total. The van der Waals surface area contributed by atoms with Crippen molar-refractivity contribution in [1.82, 2.24) is 0 Å². The predicted molar refractivity (Wildman–Crippen MR) is 98.9 cm³/mol. The summed E-state index contributed by atoms with van der Waals surface area (Å²) >= 11 is 0. The standard InChI is InChI=1S/C20H20O7/c1-23-12-5-4-6-13-16(12)18(22)17-14(24-2)9-11(21)15(19(17)27-13)10-7-8-26-20(10)25-3/h4-6,9-10,20-21H,7-8H2,1-3H3. The minimum absolute atomic E-state index is 0.0257. The fourth-order valence-corrected chi connectivity index (χ4v) is 3.78. The molecule has 2 unspecified atom stereocenters. The smallest absolute Gasteiger partial charge is 0.208 e. The lowest BCUT2D eigenvalue weighted by atomic mass is 9.93. The quantitative estimate of drug-likeness (QED) is 0.704. The molecule has 0 aliphatic carbocycles. The van der Waals surface area contributed by atoms with Gasteiger partial charge < -0.3 is 28.5 Å². The number of rotatable bonds is 4. The lowest BCUT2D eigenvalue weighted by Gasteiger charge is -2.20. The van der Waals surface area contributed by atoms with E-state index in [1.54, 1.807) is 25.3 Å². The molecule has 142 valence electrons. The lowest BCUT2D eigenvalue weighted by molar-refractivity contribution is -0.0964. The monoisotopic (exact) mass is 372 g/mol. The van der Waals surface area contributed by atoms with Crippen molar-refractivity contribution < 1.29 is 28.5 Å². The second-order valence-corrected chi connectivity index (χ2v) is 6.35. The zero-order valence-electron chi connectivity index (χ0n) is 15.3. The minimum Gasteiger partial charge on any atom is -0.507 e. The summed E-state index contributed by atoms with van der Waals surface area (Å²) in [6.07, 6.45) is 0.103. The van der Waals surface area contributed by atoms with Crippen LogP contribution in [0.2, 0.25) is 0 Å². The molecule has 1 aromatic heterocycles. The van der Waals surface area contributed by atoms with Crippen molar-refractivity contribution >= 4 is 21.9 Å². The number of phenolic OH excluding ortho intramolecular Hbond substituents is 1. The van der Waals surface area contributed by atoms with Gasteiger partial charge in [0.2, 0.25) is 5.43 Å². The van der Waals surface area contributed by atoms with E-state index in [1.165, 1.54) is 20.3 Å². The molecule has 2 aromatic carbocycles. The third-order valence-corrected chi connectivity index (χ3v) is 5.00. The van der Waals surface area contributed by atoms with E-state index in [4.69, 9.17) is 23.4 Å². The molecule has 2 heterocycles. The number of hydrogen-bond donors (Lipinski definition) is 1. The van der Waals surface area contributed by atoms with E-state index >= 15 is 0 Å². The Hall–Kier alpha value is -2.77. The van der Waals surface area contributed by atoms with Gasteiger partial charge in [0.05, 0.1) is 20.8 Å². The zero-order chi connectivity index (χ0) is 19.1. The number of phenols is 1. The van der Waals surface area contributed by atoms with Crippen molar-refractivity contribution in [3.8, 4) is 17.2 Å². The van der Waals surface area contributed by atoms with Crippen LogP contribution in [0, 0.1) is 0 Å². The zero-order valence-corrected chi connectivity index (χ0v) is 15.3. The minimum atomic E-state index is -0.529. The van der Waals surface area contributed by atoms with Crippen molar-refractivity contribution in [2.75, 3.05) is 27.9 Å². The third kappa shape index (κ3) is 2.62. The first-order valence-corrected chi connectivity index (χ1v) is 8.58. The van der Waals surface area contributed by atoms with Gasteiger partial charge in [0.25, 0.3) is 0 Å². The van der Waals surface area contributed by atoms with Crippen LogP contribution in [0.4, 0.5) is 0 Å². The molecule has 0 amide bonds. The van der Waals surface area contributed by atoms with E-state index in [-0.39, 0.29) is 33.8 Å². The highest BCUT2D eigenvalue weighted by molar-refractivity contribution is 5.98. The van der Waals surface area contributed by atoms with E-state index in [1.807, 2.05) is 0 Å².